The zero-order valence-corrected chi connectivity index (χ0v) is 17.2. The van der Waals surface area contributed by atoms with E-state index in [4.69, 9.17) is 4.74 Å². The Kier molecular flexibility index (Phi) is 6.57. The van der Waals surface area contributed by atoms with Gasteiger partial charge in [-0.2, -0.15) is 13.2 Å². The minimum Gasteiger partial charge on any atom is -0.366 e. The number of aryl methyl sites for hydroxylation is 1. The fourth-order valence-corrected chi connectivity index (χ4v) is 4.45. The number of halogens is 3. The van der Waals surface area contributed by atoms with Gasteiger partial charge in [-0.1, -0.05) is 36.4 Å². The highest BCUT2D eigenvalue weighted by molar-refractivity contribution is 5.82. The van der Waals surface area contributed by atoms with Crippen molar-refractivity contribution in [3.8, 4) is 0 Å². The van der Waals surface area contributed by atoms with Gasteiger partial charge in [-0.3, -0.25) is 14.7 Å². The molecule has 0 saturated carbocycles. The third-order valence-corrected chi connectivity index (χ3v) is 5.85. The molecule has 1 aliphatic carbocycles. The number of hydrogen-bond donors (Lipinski definition) is 0. The van der Waals surface area contributed by atoms with Crippen molar-refractivity contribution in [2.45, 2.75) is 44.1 Å². The third-order valence-electron chi connectivity index (χ3n) is 5.85. The number of pyridine rings is 1. The zero-order chi connectivity index (χ0) is 21.8. The van der Waals surface area contributed by atoms with E-state index in [1.807, 2.05) is 36.4 Å². The molecule has 4 rings (SSSR count). The van der Waals surface area contributed by atoms with Crippen molar-refractivity contribution in [1.82, 2.24) is 14.8 Å². The largest absolute Gasteiger partial charge is 0.406 e. The summed E-state index contributed by atoms with van der Waals surface area (Å²) in [6, 6.07) is 12.8. The van der Waals surface area contributed by atoms with Gasteiger partial charge in [0.1, 0.15) is 12.6 Å². The van der Waals surface area contributed by atoms with Gasteiger partial charge in [0.15, 0.2) is 0 Å². The van der Waals surface area contributed by atoms with E-state index in [-0.39, 0.29) is 6.54 Å². The van der Waals surface area contributed by atoms with E-state index in [0.29, 0.717) is 31.8 Å². The summed E-state index contributed by atoms with van der Waals surface area (Å²) in [6.07, 6.45) is -1.90. The van der Waals surface area contributed by atoms with E-state index in [2.05, 4.69) is 9.88 Å². The fraction of sp³-hybridized carbons (Fsp3) is 0.478. The standard InChI is InChI=1S/C23H26F3N3O2/c24-23(25,26)16-29(19-10-4-8-18-9-5-11-27-21(18)19)22(30)20-15-28(12-13-31-20)14-17-6-2-1-3-7-17/h1-3,5-7,9,11,19-20H,4,8,10,12-16H2/t19-,20-/m1/s1. The molecule has 2 aliphatic rings. The maximum atomic E-state index is 13.5. The van der Waals surface area contributed by atoms with Gasteiger partial charge in [0.05, 0.1) is 18.3 Å². The highest BCUT2D eigenvalue weighted by Crippen LogP contribution is 2.35. The van der Waals surface area contributed by atoms with Crippen molar-refractivity contribution in [3.05, 3.63) is 65.5 Å². The number of nitrogens with zero attached hydrogens (tertiary/aromatic N) is 3. The predicted molar refractivity (Wildman–Crippen MR) is 109 cm³/mol. The Morgan fingerprint density at radius 3 is 2.77 bits per heavy atom. The first kappa shape index (κ1) is 21.8. The van der Waals surface area contributed by atoms with Gasteiger partial charge >= 0.3 is 6.18 Å². The second kappa shape index (κ2) is 9.36. The first-order valence-corrected chi connectivity index (χ1v) is 10.6. The average molecular weight is 433 g/mol. The van der Waals surface area contributed by atoms with Crippen molar-refractivity contribution in [2.24, 2.45) is 0 Å². The van der Waals surface area contributed by atoms with E-state index in [1.165, 1.54) is 0 Å². The molecule has 8 heteroatoms. The first-order valence-electron chi connectivity index (χ1n) is 10.6. The molecule has 0 N–H and O–H groups in total. The average Bonchev–Trinajstić information content (AvgIpc) is 2.77. The fourth-order valence-electron chi connectivity index (χ4n) is 4.45. The molecule has 166 valence electrons. The van der Waals surface area contributed by atoms with Gasteiger partial charge in [0.25, 0.3) is 5.91 Å². The third kappa shape index (κ3) is 5.43. The molecule has 1 aromatic carbocycles. The lowest BCUT2D eigenvalue weighted by Crippen LogP contribution is -2.53. The summed E-state index contributed by atoms with van der Waals surface area (Å²) in [6.45, 7) is 0.532. The second-order valence-electron chi connectivity index (χ2n) is 8.12. The topological polar surface area (TPSA) is 45.7 Å². The second-order valence-corrected chi connectivity index (χ2v) is 8.12. The van der Waals surface area contributed by atoms with Gasteiger partial charge < -0.3 is 9.64 Å². The van der Waals surface area contributed by atoms with Crippen LogP contribution in [-0.4, -0.2) is 59.2 Å². The van der Waals surface area contributed by atoms with Crippen molar-refractivity contribution in [2.75, 3.05) is 26.2 Å². The summed E-state index contributed by atoms with van der Waals surface area (Å²) in [5.41, 5.74) is 2.57. The Morgan fingerprint density at radius 2 is 2.00 bits per heavy atom. The van der Waals surface area contributed by atoms with Crippen molar-refractivity contribution in [3.63, 3.8) is 0 Å². The van der Waals surface area contributed by atoms with Crippen LogP contribution < -0.4 is 0 Å². The maximum absolute atomic E-state index is 13.5. The van der Waals surface area contributed by atoms with Crippen molar-refractivity contribution >= 4 is 5.91 Å². The molecular weight excluding hydrogens is 407 g/mol. The molecule has 2 heterocycles. The molecule has 2 atom stereocenters. The Labute approximate surface area is 179 Å². The van der Waals surface area contributed by atoms with Crippen LogP contribution in [0.15, 0.2) is 48.7 Å². The van der Waals surface area contributed by atoms with Gasteiger partial charge in [0, 0.05) is 25.8 Å². The molecule has 1 aliphatic heterocycles. The van der Waals surface area contributed by atoms with Crippen LogP contribution in [0.5, 0.6) is 0 Å². The number of aromatic nitrogens is 1. The lowest BCUT2D eigenvalue weighted by atomic mass is 9.90. The molecule has 0 bridgehead atoms. The molecule has 0 radical (unpaired) electrons. The summed E-state index contributed by atoms with van der Waals surface area (Å²) < 4.78 is 46.0. The smallest absolute Gasteiger partial charge is 0.366 e. The molecule has 1 amide bonds. The van der Waals surface area contributed by atoms with Crippen LogP contribution >= 0.6 is 0 Å². The summed E-state index contributed by atoms with van der Waals surface area (Å²) in [7, 11) is 0. The van der Waals surface area contributed by atoms with Crippen LogP contribution in [0.25, 0.3) is 0 Å². The highest BCUT2D eigenvalue weighted by Gasteiger charge is 2.42. The van der Waals surface area contributed by atoms with Gasteiger partial charge in [-0.05, 0) is 36.5 Å². The number of fused-ring (bicyclic) bond motifs is 1. The van der Waals surface area contributed by atoms with Crippen molar-refractivity contribution in [1.29, 1.82) is 0 Å². The number of hydrogen-bond acceptors (Lipinski definition) is 4. The number of carbonyl (C=O) groups is 1. The normalized spacial score (nSPS) is 22.0. The number of carbonyl (C=O) groups excluding carboxylic acids is 1. The first-order chi connectivity index (χ1) is 14.9. The molecular formula is C23H26F3N3O2. The lowest BCUT2D eigenvalue weighted by Gasteiger charge is -2.39. The monoisotopic (exact) mass is 433 g/mol. The zero-order valence-electron chi connectivity index (χ0n) is 17.2. The van der Waals surface area contributed by atoms with Crippen LogP contribution in [0.2, 0.25) is 0 Å². The summed E-state index contributed by atoms with van der Waals surface area (Å²) >= 11 is 0. The van der Waals surface area contributed by atoms with E-state index in [0.717, 1.165) is 28.9 Å². The summed E-state index contributed by atoms with van der Waals surface area (Å²) in [5.74, 6) is -0.612. The molecule has 5 nitrogen and oxygen atoms in total. The minimum atomic E-state index is -4.50. The minimum absolute atomic E-state index is 0.268. The van der Waals surface area contributed by atoms with Crippen LogP contribution in [-0.2, 0) is 22.5 Å². The van der Waals surface area contributed by atoms with Crippen molar-refractivity contribution < 1.29 is 22.7 Å². The van der Waals surface area contributed by atoms with Crippen LogP contribution in [0.4, 0.5) is 13.2 Å². The van der Waals surface area contributed by atoms with Crippen LogP contribution in [0, 0.1) is 0 Å². The van der Waals surface area contributed by atoms with Gasteiger partial charge in [-0.25, -0.2) is 0 Å². The van der Waals surface area contributed by atoms with E-state index < -0.39 is 30.8 Å². The Hall–Kier alpha value is -2.45. The summed E-state index contributed by atoms with van der Waals surface area (Å²) in [4.78, 5) is 20.7. The molecule has 0 spiro atoms. The van der Waals surface area contributed by atoms with E-state index >= 15 is 0 Å². The predicted octanol–water partition coefficient (Wildman–Crippen LogP) is 3.75. The molecule has 31 heavy (non-hydrogen) atoms. The maximum Gasteiger partial charge on any atom is 0.406 e. The number of ether oxygens (including phenoxy) is 1. The lowest BCUT2D eigenvalue weighted by molar-refractivity contribution is -0.177. The van der Waals surface area contributed by atoms with Gasteiger partial charge in [-0.15, -0.1) is 0 Å². The molecule has 0 unspecified atom stereocenters. The Morgan fingerprint density at radius 1 is 1.19 bits per heavy atom. The number of rotatable bonds is 5. The number of amides is 1. The highest BCUT2D eigenvalue weighted by atomic mass is 19.4. The Bertz CT molecular complexity index is 891. The van der Waals surface area contributed by atoms with Crippen LogP contribution in [0.3, 0.4) is 0 Å². The number of benzene rings is 1. The molecule has 1 fully saturated rings. The number of morpholine rings is 1. The molecule has 2 aromatic rings. The SMILES string of the molecule is O=C([C@H]1CN(Cc2ccccc2)CCO1)N(CC(F)(F)F)[C@@H]1CCCc2cccnc21. The van der Waals surface area contributed by atoms with Gasteiger partial charge in [0.2, 0.25) is 0 Å². The Balaban J connectivity index is 1.54. The van der Waals surface area contributed by atoms with E-state index in [9.17, 15) is 18.0 Å². The van der Waals surface area contributed by atoms with E-state index in [1.54, 1.807) is 12.3 Å². The molecule has 1 aromatic heterocycles. The molecule has 1 saturated heterocycles. The number of alkyl halides is 3. The summed E-state index contributed by atoms with van der Waals surface area (Å²) in [5, 5.41) is 0. The quantitative estimate of drug-likeness (QED) is 0.721. The van der Waals surface area contributed by atoms with Crippen LogP contribution in [0.1, 0.15) is 35.7 Å².